The zero-order valence-corrected chi connectivity index (χ0v) is 33.3. The standard InChI is InChI=1S/C47H53N3O6S/c1-34-20-26-41(27-21-34)57(53,54)49-42(30-35-14-7-5-8-15-35)46(52)48-40-19-13-18-39(31-40)47-55-43(32-50-28-11-3-2-4-12-29-50)44(37-16-9-6-10-17-37)45(56-47)38-24-22-36(33-51)23-25-38/h5-10,13-27,31,42-45,47,49,51H,2-4,11-12,28-30,32-33H2,1H3,(H,48,52)/t42-,43-,44-,45+,47?/m1/s1. The van der Waals surface area contributed by atoms with E-state index in [0.29, 0.717) is 5.69 Å². The molecule has 1 unspecified atom stereocenters. The Morgan fingerprint density at radius 3 is 2.07 bits per heavy atom. The Bertz CT molecular complexity index is 2140. The van der Waals surface area contributed by atoms with Crippen molar-refractivity contribution in [1.29, 1.82) is 0 Å². The summed E-state index contributed by atoms with van der Waals surface area (Å²) in [5.41, 5.74) is 5.91. The van der Waals surface area contributed by atoms with Crippen LogP contribution >= 0.6 is 0 Å². The third-order valence-corrected chi connectivity index (χ3v) is 12.5. The predicted octanol–water partition coefficient (Wildman–Crippen LogP) is 8.22. The highest BCUT2D eigenvalue weighted by molar-refractivity contribution is 7.89. The van der Waals surface area contributed by atoms with Gasteiger partial charge in [-0.25, -0.2) is 8.42 Å². The van der Waals surface area contributed by atoms with E-state index in [2.05, 4.69) is 39.2 Å². The number of hydrogen-bond acceptors (Lipinski definition) is 7. The maximum Gasteiger partial charge on any atom is 0.242 e. The molecule has 2 fully saturated rings. The number of anilines is 1. The van der Waals surface area contributed by atoms with Crippen LogP contribution in [0.1, 0.15) is 83.8 Å². The largest absolute Gasteiger partial charge is 0.392 e. The molecule has 2 aliphatic heterocycles. The Morgan fingerprint density at radius 1 is 0.737 bits per heavy atom. The summed E-state index contributed by atoms with van der Waals surface area (Å²) in [4.78, 5) is 16.7. The van der Waals surface area contributed by atoms with E-state index in [1.807, 2.05) is 85.8 Å². The molecule has 10 heteroatoms. The van der Waals surface area contributed by atoms with Gasteiger partial charge in [-0.1, -0.05) is 134 Å². The van der Waals surface area contributed by atoms with Crippen molar-refractivity contribution < 1.29 is 27.8 Å². The first-order valence-corrected chi connectivity index (χ1v) is 21.6. The molecule has 9 nitrogen and oxygen atoms in total. The van der Waals surface area contributed by atoms with E-state index in [4.69, 9.17) is 9.47 Å². The van der Waals surface area contributed by atoms with Crippen molar-refractivity contribution in [2.24, 2.45) is 0 Å². The molecular formula is C47H53N3O6S. The van der Waals surface area contributed by atoms with Crippen LogP contribution < -0.4 is 10.0 Å². The molecule has 2 heterocycles. The van der Waals surface area contributed by atoms with Crippen molar-refractivity contribution in [2.75, 3.05) is 25.0 Å². The Hall–Kier alpha value is -4.68. The molecule has 57 heavy (non-hydrogen) atoms. The number of hydrogen-bond donors (Lipinski definition) is 3. The van der Waals surface area contributed by atoms with Gasteiger partial charge in [-0.15, -0.1) is 0 Å². The van der Waals surface area contributed by atoms with Crippen molar-refractivity contribution in [3.05, 3.63) is 167 Å². The highest BCUT2D eigenvalue weighted by Gasteiger charge is 2.42. The molecule has 0 bridgehead atoms. The van der Waals surface area contributed by atoms with Crippen molar-refractivity contribution >= 4 is 21.6 Å². The third kappa shape index (κ3) is 10.6. The molecular weight excluding hydrogens is 735 g/mol. The number of carbonyl (C=O) groups is 1. The van der Waals surface area contributed by atoms with E-state index in [1.54, 1.807) is 30.3 Å². The summed E-state index contributed by atoms with van der Waals surface area (Å²) in [6.07, 6.45) is 4.85. The summed E-state index contributed by atoms with van der Waals surface area (Å²) in [6, 6.07) is 40.6. The first kappa shape index (κ1) is 40.5. The van der Waals surface area contributed by atoms with Gasteiger partial charge >= 0.3 is 0 Å². The van der Waals surface area contributed by atoms with Gasteiger partial charge in [0, 0.05) is 23.7 Å². The predicted molar refractivity (Wildman–Crippen MR) is 223 cm³/mol. The lowest BCUT2D eigenvalue weighted by molar-refractivity contribution is -0.263. The summed E-state index contributed by atoms with van der Waals surface area (Å²) in [6.45, 7) is 4.62. The van der Waals surface area contributed by atoms with Gasteiger partial charge < -0.3 is 24.8 Å². The van der Waals surface area contributed by atoms with Gasteiger partial charge in [0.25, 0.3) is 0 Å². The number of aliphatic hydroxyl groups is 1. The molecule has 5 aromatic carbocycles. The minimum absolute atomic E-state index is 0.0463. The number of likely N-dealkylation sites (tertiary alicyclic amines) is 1. The van der Waals surface area contributed by atoms with Crippen LogP contribution in [0.4, 0.5) is 5.69 Å². The van der Waals surface area contributed by atoms with Crippen LogP contribution in [0.5, 0.6) is 0 Å². The van der Waals surface area contributed by atoms with E-state index < -0.39 is 28.3 Å². The fraction of sp³-hybridized carbons (Fsp3) is 0.340. The Labute approximate surface area is 337 Å². The van der Waals surface area contributed by atoms with E-state index >= 15 is 0 Å². The number of carbonyl (C=O) groups excluding carboxylic acids is 1. The Kier molecular flexibility index (Phi) is 13.6. The topological polar surface area (TPSA) is 117 Å². The highest BCUT2D eigenvalue weighted by atomic mass is 32.2. The summed E-state index contributed by atoms with van der Waals surface area (Å²) < 4.78 is 43.7. The molecule has 3 N–H and O–H groups in total. The maximum absolute atomic E-state index is 14.1. The number of rotatable bonds is 13. The second-order valence-electron chi connectivity index (χ2n) is 15.3. The molecule has 0 aliphatic carbocycles. The SMILES string of the molecule is Cc1ccc(S(=O)(=O)N[C@H](Cc2ccccc2)C(=O)Nc2cccc(C3O[C@H](CN4CCCCCCC4)[C@@H](c4ccccc4)[C@H](c4ccc(CO)cc4)O3)c2)cc1. The van der Waals surface area contributed by atoms with Crippen LogP contribution in [0.2, 0.25) is 0 Å². The molecule has 1 amide bonds. The minimum Gasteiger partial charge on any atom is -0.392 e. The Balaban J connectivity index is 1.18. The lowest BCUT2D eigenvalue weighted by Crippen LogP contribution is -2.45. The van der Waals surface area contributed by atoms with Gasteiger partial charge in [-0.3, -0.25) is 4.79 Å². The highest BCUT2D eigenvalue weighted by Crippen LogP contribution is 2.47. The lowest BCUT2D eigenvalue weighted by Gasteiger charge is -2.44. The quantitative estimate of drug-likeness (QED) is 0.110. The fourth-order valence-electron chi connectivity index (χ4n) is 7.92. The number of ether oxygens (including phenoxy) is 2. The monoisotopic (exact) mass is 787 g/mol. The van der Waals surface area contributed by atoms with Gasteiger partial charge in [0.05, 0.1) is 23.7 Å². The smallest absolute Gasteiger partial charge is 0.242 e. The molecule has 0 saturated carbocycles. The number of benzene rings is 5. The minimum atomic E-state index is -4.02. The van der Waals surface area contributed by atoms with Crippen LogP contribution in [-0.4, -0.2) is 56.1 Å². The molecule has 0 spiro atoms. The van der Waals surface area contributed by atoms with E-state index in [0.717, 1.165) is 65.9 Å². The number of aliphatic hydroxyl groups excluding tert-OH is 1. The van der Waals surface area contributed by atoms with E-state index in [1.165, 1.54) is 19.3 Å². The third-order valence-electron chi connectivity index (χ3n) is 11.0. The molecule has 7 rings (SSSR count). The summed E-state index contributed by atoms with van der Waals surface area (Å²) >= 11 is 0. The summed E-state index contributed by atoms with van der Waals surface area (Å²) in [5, 5.41) is 12.8. The fourth-order valence-corrected chi connectivity index (χ4v) is 9.11. The lowest BCUT2D eigenvalue weighted by atomic mass is 9.83. The van der Waals surface area contributed by atoms with E-state index in [-0.39, 0.29) is 36.0 Å². The van der Waals surface area contributed by atoms with Crippen LogP contribution in [0.15, 0.2) is 138 Å². The van der Waals surface area contributed by atoms with Gasteiger partial charge in [-0.2, -0.15) is 4.72 Å². The number of aryl methyl sites for hydroxylation is 1. The van der Waals surface area contributed by atoms with Crippen molar-refractivity contribution in [2.45, 2.75) is 87.4 Å². The van der Waals surface area contributed by atoms with Crippen molar-refractivity contribution in [3.8, 4) is 0 Å². The van der Waals surface area contributed by atoms with Gasteiger partial charge in [-0.05, 0) is 85.8 Å². The molecule has 0 radical (unpaired) electrons. The summed E-state index contributed by atoms with van der Waals surface area (Å²) in [5.74, 6) is -0.603. The molecule has 298 valence electrons. The number of nitrogens with zero attached hydrogens (tertiary/aromatic N) is 1. The average molecular weight is 788 g/mol. The van der Waals surface area contributed by atoms with Crippen molar-refractivity contribution in [1.82, 2.24) is 9.62 Å². The van der Waals surface area contributed by atoms with Crippen LogP contribution in [0.25, 0.3) is 0 Å². The first-order valence-electron chi connectivity index (χ1n) is 20.1. The molecule has 5 aromatic rings. The molecule has 2 saturated heterocycles. The van der Waals surface area contributed by atoms with Crippen LogP contribution in [0.3, 0.4) is 0 Å². The number of sulfonamides is 1. The number of amides is 1. The van der Waals surface area contributed by atoms with Crippen LogP contribution in [0, 0.1) is 6.92 Å². The van der Waals surface area contributed by atoms with Gasteiger partial charge in [0.15, 0.2) is 6.29 Å². The van der Waals surface area contributed by atoms with Crippen LogP contribution in [-0.2, 0) is 37.3 Å². The Morgan fingerprint density at radius 2 is 1.39 bits per heavy atom. The molecule has 5 atom stereocenters. The summed E-state index contributed by atoms with van der Waals surface area (Å²) in [7, 11) is -4.02. The second kappa shape index (κ2) is 19.2. The maximum atomic E-state index is 14.1. The van der Waals surface area contributed by atoms with Gasteiger partial charge in [0.1, 0.15) is 6.04 Å². The average Bonchev–Trinajstić information content (AvgIpc) is 3.22. The zero-order chi connectivity index (χ0) is 39.6. The zero-order valence-electron chi connectivity index (χ0n) is 32.5. The second-order valence-corrected chi connectivity index (χ2v) is 17.0. The van der Waals surface area contributed by atoms with E-state index in [9.17, 15) is 18.3 Å². The number of nitrogens with one attached hydrogen (secondary N) is 2. The normalized spacial score (nSPS) is 21.2. The first-order chi connectivity index (χ1) is 27.8. The molecule has 0 aromatic heterocycles. The van der Waals surface area contributed by atoms with Gasteiger partial charge in [0.2, 0.25) is 15.9 Å². The molecule has 2 aliphatic rings. The van der Waals surface area contributed by atoms with Crippen molar-refractivity contribution in [3.63, 3.8) is 0 Å².